The van der Waals surface area contributed by atoms with Gasteiger partial charge in [-0.15, -0.1) is 0 Å². The fourth-order valence-electron chi connectivity index (χ4n) is 3.40. The molecule has 1 aliphatic carbocycles. The minimum atomic E-state index is -0.748. The fourth-order valence-corrected chi connectivity index (χ4v) is 3.40. The van der Waals surface area contributed by atoms with Crippen molar-refractivity contribution >= 4 is 0 Å². The molecule has 1 aromatic heterocycles. The third kappa shape index (κ3) is 2.38. The molecular weight excluding hydrogens is 296 g/mol. The maximum atomic E-state index is 10.9. The number of hydrogen-bond donors (Lipinski definition) is 1. The lowest BCUT2D eigenvalue weighted by molar-refractivity contribution is 0.219. The second kappa shape index (κ2) is 5.92. The number of aryl methyl sites for hydroxylation is 1. The number of pyridine rings is 1. The summed E-state index contributed by atoms with van der Waals surface area (Å²) in [6.07, 6.45) is 2.57. The molecule has 3 heteroatoms. The highest BCUT2D eigenvalue weighted by Gasteiger charge is 2.24. The summed E-state index contributed by atoms with van der Waals surface area (Å²) in [5.41, 5.74) is 6.21. The fraction of sp³-hybridized carbons (Fsp3) is 0.143. The highest BCUT2D eigenvalue weighted by atomic mass is 16.3. The average molecular weight is 312 g/mol. The molecule has 24 heavy (non-hydrogen) atoms. The molecule has 0 saturated heterocycles. The van der Waals surface area contributed by atoms with Gasteiger partial charge in [0.15, 0.2) is 0 Å². The van der Waals surface area contributed by atoms with Crippen molar-refractivity contribution in [2.75, 3.05) is 0 Å². The van der Waals surface area contributed by atoms with Gasteiger partial charge in [0.05, 0.1) is 11.6 Å². The van der Waals surface area contributed by atoms with Crippen LogP contribution in [0.2, 0.25) is 0 Å². The van der Waals surface area contributed by atoms with Gasteiger partial charge in [0.2, 0.25) is 0 Å². The molecule has 3 aromatic rings. The molecular formula is C21H16N2O. The van der Waals surface area contributed by atoms with Gasteiger partial charge in [0.25, 0.3) is 0 Å². The lowest BCUT2D eigenvalue weighted by atomic mass is 9.94. The Morgan fingerprint density at radius 3 is 2.58 bits per heavy atom. The molecule has 0 aliphatic heterocycles. The number of fused-ring (bicyclic) bond motifs is 2. The SMILES string of the molecule is N#Cc1cccc2c1CCc1ncc(-c3ccccc3)cc1C2O. The van der Waals surface area contributed by atoms with Gasteiger partial charge in [-0.3, -0.25) is 4.98 Å². The summed E-state index contributed by atoms with van der Waals surface area (Å²) in [6, 6.07) is 19.8. The summed E-state index contributed by atoms with van der Waals surface area (Å²) < 4.78 is 0. The Bertz CT molecular complexity index is 942. The number of nitriles is 1. The van der Waals surface area contributed by atoms with Crippen LogP contribution >= 0.6 is 0 Å². The van der Waals surface area contributed by atoms with Crippen LogP contribution < -0.4 is 0 Å². The maximum Gasteiger partial charge on any atom is 0.106 e. The zero-order chi connectivity index (χ0) is 16.5. The molecule has 0 saturated carbocycles. The topological polar surface area (TPSA) is 56.9 Å². The van der Waals surface area contributed by atoms with Crippen LogP contribution in [0.15, 0.2) is 60.8 Å². The predicted octanol–water partition coefficient (Wildman–Crippen LogP) is 3.80. The summed E-state index contributed by atoms with van der Waals surface area (Å²) in [6.45, 7) is 0. The van der Waals surface area contributed by atoms with E-state index in [9.17, 15) is 10.4 Å². The van der Waals surface area contributed by atoms with Crippen molar-refractivity contribution < 1.29 is 5.11 Å². The average Bonchev–Trinajstić information content (AvgIpc) is 2.79. The zero-order valence-electron chi connectivity index (χ0n) is 13.1. The van der Waals surface area contributed by atoms with E-state index in [-0.39, 0.29) is 0 Å². The van der Waals surface area contributed by atoms with Crippen molar-refractivity contribution in [3.05, 3.63) is 88.7 Å². The Balaban J connectivity index is 1.85. The third-order valence-corrected chi connectivity index (χ3v) is 4.64. The third-order valence-electron chi connectivity index (χ3n) is 4.64. The molecule has 0 radical (unpaired) electrons. The Morgan fingerprint density at radius 1 is 0.958 bits per heavy atom. The van der Waals surface area contributed by atoms with Gasteiger partial charge in [-0.1, -0.05) is 42.5 Å². The number of nitrogens with zero attached hydrogens (tertiary/aromatic N) is 2. The number of aromatic nitrogens is 1. The van der Waals surface area contributed by atoms with Crippen LogP contribution in [0.3, 0.4) is 0 Å². The molecule has 4 rings (SSSR count). The second-order valence-corrected chi connectivity index (χ2v) is 6.01. The second-order valence-electron chi connectivity index (χ2n) is 6.01. The minimum Gasteiger partial charge on any atom is -0.384 e. The number of benzene rings is 2. The highest BCUT2D eigenvalue weighted by Crippen LogP contribution is 2.35. The number of aliphatic hydroxyl groups is 1. The van der Waals surface area contributed by atoms with Crippen LogP contribution in [0.1, 0.15) is 34.1 Å². The van der Waals surface area contributed by atoms with Crippen molar-refractivity contribution in [3.63, 3.8) is 0 Å². The summed E-state index contributed by atoms with van der Waals surface area (Å²) in [5.74, 6) is 0. The Kier molecular flexibility index (Phi) is 3.60. The summed E-state index contributed by atoms with van der Waals surface area (Å²) in [7, 11) is 0. The molecule has 0 bridgehead atoms. The molecule has 1 unspecified atom stereocenters. The van der Waals surface area contributed by atoms with Crippen molar-refractivity contribution in [1.82, 2.24) is 4.98 Å². The number of hydrogen-bond acceptors (Lipinski definition) is 3. The Hall–Kier alpha value is -2.96. The summed E-state index contributed by atoms with van der Waals surface area (Å²) in [4.78, 5) is 4.60. The molecule has 0 fully saturated rings. The smallest absolute Gasteiger partial charge is 0.106 e. The standard InChI is InChI=1S/C21H16N2O/c22-12-15-7-4-8-18-17(15)9-10-20-19(21(18)24)11-16(13-23-20)14-5-2-1-3-6-14/h1-8,11,13,21,24H,9-10H2. The van der Waals surface area contributed by atoms with E-state index in [1.54, 1.807) is 0 Å². The van der Waals surface area contributed by atoms with Gasteiger partial charge in [-0.25, -0.2) is 0 Å². The molecule has 1 aliphatic rings. The van der Waals surface area contributed by atoms with Gasteiger partial charge in [-0.05, 0) is 41.7 Å². The van der Waals surface area contributed by atoms with Crippen LogP contribution in [0.25, 0.3) is 11.1 Å². The first-order valence-electron chi connectivity index (χ1n) is 8.02. The van der Waals surface area contributed by atoms with E-state index in [0.29, 0.717) is 5.56 Å². The van der Waals surface area contributed by atoms with Crippen molar-refractivity contribution in [2.45, 2.75) is 18.9 Å². The van der Waals surface area contributed by atoms with Gasteiger partial charge in [-0.2, -0.15) is 5.26 Å². The minimum absolute atomic E-state index is 0.641. The number of aliphatic hydroxyl groups excluding tert-OH is 1. The molecule has 1 heterocycles. The van der Waals surface area contributed by atoms with E-state index in [1.807, 2.05) is 60.8 Å². The van der Waals surface area contributed by atoms with Gasteiger partial charge >= 0.3 is 0 Å². The maximum absolute atomic E-state index is 10.9. The van der Waals surface area contributed by atoms with Gasteiger partial charge in [0, 0.05) is 23.0 Å². The monoisotopic (exact) mass is 312 g/mol. The highest BCUT2D eigenvalue weighted by molar-refractivity contribution is 5.64. The molecule has 2 aromatic carbocycles. The largest absolute Gasteiger partial charge is 0.384 e. The molecule has 0 spiro atoms. The van der Waals surface area contributed by atoms with Crippen LogP contribution in [0, 0.1) is 11.3 Å². The first kappa shape index (κ1) is 14.6. The lowest BCUT2D eigenvalue weighted by Crippen LogP contribution is -2.05. The number of rotatable bonds is 1. The molecule has 3 nitrogen and oxygen atoms in total. The Labute approximate surface area is 140 Å². The van der Waals surface area contributed by atoms with E-state index < -0.39 is 6.10 Å². The van der Waals surface area contributed by atoms with E-state index in [0.717, 1.165) is 46.4 Å². The van der Waals surface area contributed by atoms with Crippen molar-refractivity contribution in [2.24, 2.45) is 0 Å². The van der Waals surface area contributed by atoms with E-state index >= 15 is 0 Å². The van der Waals surface area contributed by atoms with E-state index in [1.165, 1.54) is 0 Å². The van der Waals surface area contributed by atoms with Crippen LogP contribution in [0.5, 0.6) is 0 Å². The van der Waals surface area contributed by atoms with Crippen molar-refractivity contribution in [1.29, 1.82) is 5.26 Å². The van der Waals surface area contributed by atoms with Gasteiger partial charge in [0.1, 0.15) is 6.10 Å². The molecule has 1 N–H and O–H groups in total. The van der Waals surface area contributed by atoms with Crippen LogP contribution in [0.4, 0.5) is 0 Å². The first-order valence-corrected chi connectivity index (χ1v) is 8.02. The van der Waals surface area contributed by atoms with Gasteiger partial charge < -0.3 is 5.11 Å². The first-order chi connectivity index (χ1) is 11.8. The normalized spacial score (nSPS) is 15.8. The predicted molar refractivity (Wildman–Crippen MR) is 92.3 cm³/mol. The zero-order valence-corrected chi connectivity index (χ0v) is 13.1. The molecule has 0 amide bonds. The lowest BCUT2D eigenvalue weighted by Gasteiger charge is -2.15. The quantitative estimate of drug-likeness (QED) is 0.743. The molecule has 116 valence electrons. The van der Waals surface area contributed by atoms with E-state index in [4.69, 9.17) is 0 Å². The van der Waals surface area contributed by atoms with Crippen LogP contribution in [-0.2, 0) is 12.8 Å². The summed E-state index contributed by atoms with van der Waals surface area (Å²) in [5, 5.41) is 20.3. The van der Waals surface area contributed by atoms with E-state index in [2.05, 4.69) is 11.1 Å². The summed E-state index contributed by atoms with van der Waals surface area (Å²) >= 11 is 0. The molecule has 1 atom stereocenters. The Morgan fingerprint density at radius 2 is 1.79 bits per heavy atom. The van der Waals surface area contributed by atoms with Crippen molar-refractivity contribution in [3.8, 4) is 17.2 Å². The van der Waals surface area contributed by atoms with Crippen LogP contribution in [-0.4, -0.2) is 10.1 Å².